The zero-order valence-electron chi connectivity index (χ0n) is 10.5. The Hall–Kier alpha value is -1.06. The first-order valence-corrected chi connectivity index (χ1v) is 6.30. The molecule has 0 aliphatic rings. The number of nitrogens with one attached hydrogen (secondary N) is 1. The van der Waals surface area contributed by atoms with Crippen molar-refractivity contribution in [3.63, 3.8) is 0 Å². The lowest BCUT2D eigenvalue weighted by molar-refractivity contribution is 0.578. The van der Waals surface area contributed by atoms with E-state index in [1.165, 1.54) is 0 Å². The van der Waals surface area contributed by atoms with Gasteiger partial charge in [0.25, 0.3) is 0 Å². The quantitative estimate of drug-likeness (QED) is 0.906. The summed E-state index contributed by atoms with van der Waals surface area (Å²) in [5.74, 6) is 1.07. The van der Waals surface area contributed by atoms with E-state index in [1.54, 1.807) is 0 Å². The summed E-state index contributed by atoms with van der Waals surface area (Å²) in [5, 5.41) is 4.12. The molecule has 3 nitrogen and oxygen atoms in total. The summed E-state index contributed by atoms with van der Waals surface area (Å²) in [5.41, 5.74) is 1.99. The van der Waals surface area contributed by atoms with Crippen molar-refractivity contribution in [1.82, 2.24) is 14.9 Å². The number of aromatic nitrogens is 2. The van der Waals surface area contributed by atoms with Gasteiger partial charge in [-0.25, -0.2) is 4.98 Å². The number of para-hydroxylation sites is 1. The van der Waals surface area contributed by atoms with Crippen LogP contribution >= 0.6 is 11.6 Å². The van der Waals surface area contributed by atoms with Crippen LogP contribution in [0.15, 0.2) is 18.2 Å². The van der Waals surface area contributed by atoms with Crippen LogP contribution in [0, 0.1) is 0 Å². The molecule has 1 aromatic heterocycles. The molecular weight excluding hydrogens is 234 g/mol. The number of halogens is 1. The molecule has 0 unspecified atom stereocenters. The second-order valence-corrected chi connectivity index (χ2v) is 4.96. The third-order valence-corrected chi connectivity index (χ3v) is 3.16. The second-order valence-electron chi connectivity index (χ2n) is 4.55. The minimum absolute atomic E-state index is 0.508. The number of nitrogens with zero attached hydrogens (tertiary/aromatic N) is 2. The molecule has 4 heteroatoms. The third kappa shape index (κ3) is 2.61. The van der Waals surface area contributed by atoms with Crippen molar-refractivity contribution in [3.05, 3.63) is 29.0 Å². The molecule has 0 bridgehead atoms. The fraction of sp³-hybridized carbons (Fsp3) is 0.462. The van der Waals surface area contributed by atoms with E-state index >= 15 is 0 Å². The van der Waals surface area contributed by atoms with Gasteiger partial charge in [0.15, 0.2) is 0 Å². The Bertz CT molecular complexity index is 517. The van der Waals surface area contributed by atoms with E-state index in [4.69, 9.17) is 11.6 Å². The van der Waals surface area contributed by atoms with Gasteiger partial charge in [0.05, 0.1) is 10.5 Å². The molecule has 0 fully saturated rings. The lowest BCUT2D eigenvalue weighted by atomic mass is 10.3. The smallest absolute Gasteiger partial charge is 0.110 e. The van der Waals surface area contributed by atoms with Crippen LogP contribution < -0.4 is 5.32 Å². The minimum atomic E-state index is 0.508. The van der Waals surface area contributed by atoms with Crippen LogP contribution in [-0.2, 0) is 13.5 Å². The fourth-order valence-electron chi connectivity index (χ4n) is 1.92. The lowest BCUT2D eigenvalue weighted by Crippen LogP contribution is -2.25. The summed E-state index contributed by atoms with van der Waals surface area (Å²) in [6, 6.07) is 6.40. The molecule has 2 rings (SSSR count). The molecule has 0 atom stereocenters. The van der Waals surface area contributed by atoms with Crippen molar-refractivity contribution in [2.45, 2.75) is 26.3 Å². The zero-order chi connectivity index (χ0) is 12.4. The zero-order valence-corrected chi connectivity index (χ0v) is 11.3. The lowest BCUT2D eigenvalue weighted by Gasteiger charge is -2.07. The summed E-state index contributed by atoms with van der Waals surface area (Å²) < 4.78 is 2.11. The molecule has 0 amide bonds. The molecule has 0 radical (unpaired) electrons. The molecule has 92 valence electrons. The van der Waals surface area contributed by atoms with Gasteiger partial charge in [0, 0.05) is 26.1 Å². The highest BCUT2D eigenvalue weighted by Gasteiger charge is 2.09. The standard InChI is InChI=1S/C13H18ClN3/c1-9(2)15-8-7-12-16-13-10(14)5-4-6-11(13)17(12)3/h4-6,9,15H,7-8H2,1-3H3. The van der Waals surface area contributed by atoms with Crippen molar-refractivity contribution in [3.8, 4) is 0 Å². The van der Waals surface area contributed by atoms with Crippen molar-refractivity contribution in [2.75, 3.05) is 6.54 Å². The van der Waals surface area contributed by atoms with Crippen LogP contribution in [0.3, 0.4) is 0 Å². The van der Waals surface area contributed by atoms with Crippen LogP contribution in [0.1, 0.15) is 19.7 Å². The second kappa shape index (κ2) is 5.07. The topological polar surface area (TPSA) is 29.9 Å². The van der Waals surface area contributed by atoms with Gasteiger partial charge in [-0.2, -0.15) is 0 Å². The summed E-state index contributed by atoms with van der Waals surface area (Å²) in [7, 11) is 2.04. The minimum Gasteiger partial charge on any atom is -0.331 e. The number of hydrogen-bond acceptors (Lipinski definition) is 2. The normalized spacial score (nSPS) is 11.6. The first-order valence-electron chi connectivity index (χ1n) is 5.93. The molecular formula is C13H18ClN3. The molecule has 0 spiro atoms. The summed E-state index contributed by atoms with van der Waals surface area (Å²) in [4.78, 5) is 4.60. The highest BCUT2D eigenvalue weighted by atomic mass is 35.5. The highest BCUT2D eigenvalue weighted by Crippen LogP contribution is 2.22. The molecule has 2 aromatic rings. The van der Waals surface area contributed by atoms with Gasteiger partial charge in [0.2, 0.25) is 0 Å². The number of rotatable bonds is 4. The van der Waals surface area contributed by atoms with Crippen molar-refractivity contribution in [2.24, 2.45) is 7.05 Å². The number of benzene rings is 1. The predicted molar refractivity (Wildman–Crippen MR) is 72.6 cm³/mol. The van der Waals surface area contributed by atoms with Gasteiger partial charge in [0.1, 0.15) is 11.3 Å². The van der Waals surface area contributed by atoms with Crippen LogP contribution in [0.5, 0.6) is 0 Å². The average molecular weight is 252 g/mol. The molecule has 0 aliphatic heterocycles. The first-order chi connectivity index (χ1) is 8.09. The van der Waals surface area contributed by atoms with E-state index in [0.29, 0.717) is 6.04 Å². The maximum absolute atomic E-state index is 6.14. The van der Waals surface area contributed by atoms with Gasteiger partial charge >= 0.3 is 0 Å². The van der Waals surface area contributed by atoms with Crippen LogP contribution in [0.4, 0.5) is 0 Å². The van der Waals surface area contributed by atoms with Crippen molar-refractivity contribution < 1.29 is 0 Å². The summed E-state index contributed by atoms with van der Waals surface area (Å²) in [6.07, 6.45) is 0.916. The van der Waals surface area contributed by atoms with E-state index in [2.05, 4.69) is 28.7 Å². The van der Waals surface area contributed by atoms with E-state index in [1.807, 2.05) is 25.2 Å². The molecule has 0 saturated heterocycles. The molecule has 0 saturated carbocycles. The van der Waals surface area contributed by atoms with Crippen molar-refractivity contribution in [1.29, 1.82) is 0 Å². The van der Waals surface area contributed by atoms with E-state index in [9.17, 15) is 0 Å². The Morgan fingerprint density at radius 2 is 2.18 bits per heavy atom. The molecule has 17 heavy (non-hydrogen) atoms. The van der Waals surface area contributed by atoms with Crippen molar-refractivity contribution >= 4 is 22.6 Å². The molecule has 0 aliphatic carbocycles. The number of imidazole rings is 1. The van der Waals surface area contributed by atoms with E-state index in [0.717, 1.165) is 34.8 Å². The van der Waals surface area contributed by atoms with Crippen LogP contribution in [-0.4, -0.2) is 22.1 Å². The van der Waals surface area contributed by atoms with E-state index < -0.39 is 0 Å². The predicted octanol–water partition coefficient (Wildman–Crippen LogP) is 2.77. The van der Waals surface area contributed by atoms with Gasteiger partial charge in [-0.15, -0.1) is 0 Å². The highest BCUT2D eigenvalue weighted by molar-refractivity contribution is 6.34. The Balaban J connectivity index is 2.23. The largest absolute Gasteiger partial charge is 0.331 e. The SMILES string of the molecule is CC(C)NCCc1nc2c(Cl)cccc2n1C. The van der Waals surface area contributed by atoms with Crippen LogP contribution in [0.25, 0.3) is 11.0 Å². The van der Waals surface area contributed by atoms with E-state index in [-0.39, 0.29) is 0 Å². The Morgan fingerprint density at radius 1 is 1.41 bits per heavy atom. The van der Waals surface area contributed by atoms with Gasteiger partial charge in [-0.3, -0.25) is 0 Å². The maximum atomic E-state index is 6.14. The number of fused-ring (bicyclic) bond motifs is 1. The van der Waals surface area contributed by atoms with Gasteiger partial charge in [-0.1, -0.05) is 31.5 Å². The number of aryl methyl sites for hydroxylation is 1. The summed E-state index contributed by atoms with van der Waals surface area (Å²) in [6.45, 7) is 5.23. The average Bonchev–Trinajstić information content (AvgIpc) is 2.58. The fourth-order valence-corrected chi connectivity index (χ4v) is 2.14. The first kappa shape index (κ1) is 12.4. The van der Waals surface area contributed by atoms with Gasteiger partial charge < -0.3 is 9.88 Å². The maximum Gasteiger partial charge on any atom is 0.110 e. The monoisotopic (exact) mass is 251 g/mol. The van der Waals surface area contributed by atoms with Gasteiger partial charge in [-0.05, 0) is 12.1 Å². The Morgan fingerprint density at radius 3 is 2.82 bits per heavy atom. The Kier molecular flexibility index (Phi) is 3.69. The molecule has 1 aromatic carbocycles. The van der Waals surface area contributed by atoms with Crippen LogP contribution in [0.2, 0.25) is 5.02 Å². The number of hydrogen-bond donors (Lipinski definition) is 1. The molecule has 1 heterocycles. The molecule has 1 N–H and O–H groups in total. The Labute approximate surface area is 107 Å². The third-order valence-electron chi connectivity index (χ3n) is 2.86. The summed E-state index contributed by atoms with van der Waals surface area (Å²) >= 11 is 6.14.